The lowest BCUT2D eigenvalue weighted by Crippen LogP contribution is -2.16. The van der Waals surface area contributed by atoms with Crippen LogP contribution in [0.25, 0.3) is 6.08 Å². The van der Waals surface area contributed by atoms with Crippen molar-refractivity contribution in [1.29, 1.82) is 0 Å². The molecule has 0 N–H and O–H groups in total. The number of hydrogen-bond donors (Lipinski definition) is 0. The normalized spacial score (nSPS) is 11.7. The Morgan fingerprint density at radius 3 is 2.29 bits per heavy atom. The van der Waals surface area contributed by atoms with Crippen LogP contribution < -0.4 is 4.74 Å². The largest absolute Gasteiger partial charge is 0.454 e. The Balaban J connectivity index is 1.57. The van der Waals surface area contributed by atoms with Crippen LogP contribution in [0, 0.1) is 11.2 Å². The second-order valence-corrected chi connectivity index (χ2v) is 7.41. The van der Waals surface area contributed by atoms with Crippen molar-refractivity contribution in [2.24, 2.45) is 5.41 Å². The van der Waals surface area contributed by atoms with Crippen molar-refractivity contribution < 1.29 is 13.9 Å². The predicted octanol–water partition coefficient (Wildman–Crippen LogP) is 6.87. The van der Waals surface area contributed by atoms with Gasteiger partial charge in [-0.25, -0.2) is 4.39 Å². The number of rotatable bonds is 8. The van der Waals surface area contributed by atoms with Crippen molar-refractivity contribution in [3.63, 3.8) is 0 Å². The average molecular weight is 376 g/mol. The van der Waals surface area contributed by atoms with Gasteiger partial charge in [-0.3, -0.25) is 0 Å². The quantitative estimate of drug-likeness (QED) is 0.427. The minimum atomic E-state index is -0.390. The third-order valence-electron chi connectivity index (χ3n) is 4.24. The molecule has 0 saturated carbocycles. The zero-order valence-corrected chi connectivity index (χ0v) is 16.3. The Hall–Kier alpha value is -2.91. The highest BCUT2D eigenvalue weighted by Crippen LogP contribution is 2.26. The molecule has 3 rings (SSSR count). The van der Waals surface area contributed by atoms with E-state index in [1.807, 2.05) is 36.4 Å². The summed E-state index contributed by atoms with van der Waals surface area (Å²) in [4.78, 5) is 0. The molecular weight excluding hydrogens is 351 g/mol. The Morgan fingerprint density at radius 1 is 0.893 bits per heavy atom. The Morgan fingerprint density at radius 2 is 1.57 bits per heavy atom. The summed E-state index contributed by atoms with van der Waals surface area (Å²) in [5.41, 5.74) is 1.92. The lowest BCUT2D eigenvalue weighted by atomic mass is 9.93. The standard InChI is InChI=1S/C25H25FO2/c1-25(2,16-15-20-9-5-3-6-10-20)19-27-18-21-13-14-23(26)24(17-21)28-22-11-7-4-8-12-22/h3-17H,18-19H2,1-2H3/b16-15+. The van der Waals surface area contributed by atoms with Gasteiger partial charge in [0.15, 0.2) is 11.6 Å². The van der Waals surface area contributed by atoms with Gasteiger partial charge in [0.25, 0.3) is 0 Å². The third kappa shape index (κ3) is 6.07. The van der Waals surface area contributed by atoms with Crippen molar-refractivity contribution in [2.75, 3.05) is 6.61 Å². The zero-order valence-electron chi connectivity index (χ0n) is 16.3. The summed E-state index contributed by atoms with van der Waals surface area (Å²) in [7, 11) is 0. The molecule has 0 bridgehead atoms. The summed E-state index contributed by atoms with van der Waals surface area (Å²) < 4.78 is 25.6. The lowest BCUT2D eigenvalue weighted by Gasteiger charge is -2.20. The van der Waals surface area contributed by atoms with Gasteiger partial charge >= 0.3 is 0 Å². The smallest absolute Gasteiger partial charge is 0.165 e. The monoisotopic (exact) mass is 376 g/mol. The van der Waals surface area contributed by atoms with Crippen LogP contribution in [0.15, 0.2) is 84.9 Å². The van der Waals surface area contributed by atoms with E-state index in [4.69, 9.17) is 9.47 Å². The number of para-hydroxylation sites is 1. The van der Waals surface area contributed by atoms with Gasteiger partial charge in [-0.2, -0.15) is 0 Å². The van der Waals surface area contributed by atoms with Crippen LogP contribution >= 0.6 is 0 Å². The maximum Gasteiger partial charge on any atom is 0.165 e. The fraction of sp³-hybridized carbons (Fsp3) is 0.200. The number of halogens is 1. The molecule has 0 aliphatic carbocycles. The first kappa shape index (κ1) is 19.8. The van der Waals surface area contributed by atoms with Gasteiger partial charge < -0.3 is 9.47 Å². The molecule has 0 radical (unpaired) electrons. The van der Waals surface area contributed by atoms with Gasteiger partial charge in [0, 0.05) is 5.41 Å². The maximum atomic E-state index is 14.1. The van der Waals surface area contributed by atoms with Gasteiger partial charge in [0.05, 0.1) is 13.2 Å². The first-order valence-electron chi connectivity index (χ1n) is 9.35. The first-order valence-corrected chi connectivity index (χ1v) is 9.35. The van der Waals surface area contributed by atoms with Crippen LogP contribution in [0.5, 0.6) is 11.5 Å². The van der Waals surface area contributed by atoms with E-state index in [-0.39, 0.29) is 11.2 Å². The van der Waals surface area contributed by atoms with Crippen molar-refractivity contribution in [1.82, 2.24) is 0 Å². The molecule has 0 aliphatic rings. The highest BCUT2D eigenvalue weighted by molar-refractivity contribution is 5.49. The molecule has 0 unspecified atom stereocenters. The van der Waals surface area contributed by atoms with Gasteiger partial charge in [-0.1, -0.05) is 80.6 Å². The van der Waals surface area contributed by atoms with Crippen LogP contribution in [0.2, 0.25) is 0 Å². The number of benzene rings is 3. The summed E-state index contributed by atoms with van der Waals surface area (Å²) in [6, 6.07) is 24.2. The Labute approximate surface area is 166 Å². The highest BCUT2D eigenvalue weighted by atomic mass is 19.1. The van der Waals surface area contributed by atoms with Gasteiger partial charge in [-0.15, -0.1) is 0 Å². The number of hydrogen-bond acceptors (Lipinski definition) is 2. The highest BCUT2D eigenvalue weighted by Gasteiger charge is 2.14. The van der Waals surface area contributed by atoms with Crippen LogP contribution in [0.1, 0.15) is 25.0 Å². The third-order valence-corrected chi connectivity index (χ3v) is 4.24. The maximum absolute atomic E-state index is 14.1. The van der Waals surface area contributed by atoms with Crippen molar-refractivity contribution in [3.05, 3.63) is 102 Å². The van der Waals surface area contributed by atoms with Crippen LogP contribution in [-0.4, -0.2) is 6.61 Å². The Kier molecular flexibility index (Phi) is 6.62. The zero-order chi connectivity index (χ0) is 19.8. The molecule has 0 aliphatic heterocycles. The van der Waals surface area contributed by atoms with E-state index in [0.717, 1.165) is 11.1 Å². The van der Waals surface area contributed by atoms with Crippen molar-refractivity contribution in [2.45, 2.75) is 20.5 Å². The molecule has 28 heavy (non-hydrogen) atoms. The SMILES string of the molecule is CC(C)(/C=C/c1ccccc1)COCc1ccc(F)c(Oc2ccccc2)c1. The number of ether oxygens (including phenoxy) is 2. The second-order valence-electron chi connectivity index (χ2n) is 7.41. The van der Waals surface area contributed by atoms with Crippen molar-refractivity contribution >= 4 is 6.08 Å². The van der Waals surface area contributed by atoms with Gasteiger partial charge in [-0.05, 0) is 35.4 Å². The molecule has 3 heteroatoms. The van der Waals surface area contributed by atoms with Gasteiger partial charge in [0.2, 0.25) is 0 Å². The topological polar surface area (TPSA) is 18.5 Å². The molecule has 0 amide bonds. The molecule has 0 heterocycles. The molecule has 144 valence electrons. The summed E-state index contributed by atoms with van der Waals surface area (Å²) in [5.74, 6) is 0.418. The van der Waals surface area contributed by atoms with Gasteiger partial charge in [0.1, 0.15) is 5.75 Å². The summed E-state index contributed by atoms with van der Waals surface area (Å²) in [6.45, 7) is 5.21. The summed E-state index contributed by atoms with van der Waals surface area (Å²) in [6.07, 6.45) is 4.25. The van der Waals surface area contributed by atoms with E-state index in [9.17, 15) is 4.39 Å². The van der Waals surface area contributed by atoms with E-state index < -0.39 is 5.82 Å². The van der Waals surface area contributed by atoms with E-state index in [0.29, 0.717) is 19.0 Å². The second kappa shape index (κ2) is 9.34. The van der Waals surface area contributed by atoms with E-state index >= 15 is 0 Å². The average Bonchev–Trinajstić information content (AvgIpc) is 2.70. The predicted molar refractivity (Wildman–Crippen MR) is 112 cm³/mol. The minimum absolute atomic E-state index is 0.112. The molecule has 3 aromatic carbocycles. The molecule has 0 aromatic heterocycles. The van der Waals surface area contributed by atoms with Crippen molar-refractivity contribution in [3.8, 4) is 11.5 Å². The first-order chi connectivity index (χ1) is 13.5. The van der Waals surface area contributed by atoms with E-state index in [1.165, 1.54) is 6.07 Å². The molecule has 0 atom stereocenters. The lowest BCUT2D eigenvalue weighted by molar-refractivity contribution is 0.0719. The molecule has 0 spiro atoms. The summed E-state index contributed by atoms with van der Waals surface area (Å²) in [5, 5.41) is 0. The fourth-order valence-corrected chi connectivity index (χ4v) is 2.70. The molecule has 0 saturated heterocycles. The fourth-order valence-electron chi connectivity index (χ4n) is 2.70. The minimum Gasteiger partial charge on any atom is -0.454 e. The van der Waals surface area contributed by atoms with Crippen LogP contribution in [0.3, 0.4) is 0 Å². The molecular formula is C25H25FO2. The molecule has 3 aromatic rings. The van der Waals surface area contributed by atoms with E-state index in [2.05, 4.69) is 38.1 Å². The van der Waals surface area contributed by atoms with Crippen LogP contribution in [0.4, 0.5) is 4.39 Å². The summed E-state index contributed by atoms with van der Waals surface area (Å²) >= 11 is 0. The van der Waals surface area contributed by atoms with E-state index in [1.54, 1.807) is 24.3 Å². The molecule has 0 fully saturated rings. The molecule has 2 nitrogen and oxygen atoms in total. The van der Waals surface area contributed by atoms with Crippen LogP contribution in [-0.2, 0) is 11.3 Å². The Bertz CT molecular complexity index is 902.